The molecule has 1 aromatic heterocycles. The van der Waals surface area contributed by atoms with Crippen LogP contribution in [0.1, 0.15) is 18.6 Å². The van der Waals surface area contributed by atoms with Crippen molar-refractivity contribution in [3.63, 3.8) is 0 Å². The molecular weight excluding hydrogens is 297 g/mol. The molecule has 0 unspecified atom stereocenters. The van der Waals surface area contributed by atoms with Crippen LogP contribution in [0.25, 0.3) is 11.3 Å². The maximum Gasteiger partial charge on any atom is 0.137 e. The molecule has 0 saturated heterocycles. The molecule has 1 aliphatic carbocycles. The summed E-state index contributed by atoms with van der Waals surface area (Å²) in [6.07, 6.45) is 2.49. The molecule has 1 aromatic carbocycles. The highest BCUT2D eigenvalue weighted by Crippen LogP contribution is 2.27. The van der Waals surface area contributed by atoms with E-state index in [1.165, 1.54) is 18.9 Å². The molecule has 1 fully saturated rings. The van der Waals surface area contributed by atoms with Gasteiger partial charge in [-0.1, -0.05) is 15.9 Å². The summed E-state index contributed by atoms with van der Waals surface area (Å²) in [4.78, 5) is 0. The average molecular weight is 310 g/mol. The minimum Gasteiger partial charge on any atom is -0.460 e. The van der Waals surface area contributed by atoms with Gasteiger partial charge in [0, 0.05) is 10.5 Å². The number of nitrogens with one attached hydrogen (secondary N) is 1. The lowest BCUT2D eigenvalue weighted by molar-refractivity contribution is 0.489. The van der Waals surface area contributed by atoms with E-state index in [0.717, 1.165) is 10.2 Å². The Labute approximate surface area is 113 Å². The Balaban J connectivity index is 1.78. The molecule has 3 rings (SSSR count). The van der Waals surface area contributed by atoms with Crippen LogP contribution in [-0.2, 0) is 6.54 Å². The van der Waals surface area contributed by atoms with Crippen molar-refractivity contribution in [1.29, 1.82) is 0 Å². The van der Waals surface area contributed by atoms with Crippen molar-refractivity contribution in [1.82, 2.24) is 5.32 Å². The Bertz CT molecular complexity index is 563. The van der Waals surface area contributed by atoms with Crippen LogP contribution in [0.3, 0.4) is 0 Å². The molecule has 1 aliphatic rings. The van der Waals surface area contributed by atoms with Crippen molar-refractivity contribution in [2.75, 3.05) is 0 Å². The predicted octanol–water partition coefficient (Wildman–Crippen LogP) is 4.10. The van der Waals surface area contributed by atoms with Gasteiger partial charge in [0.05, 0.1) is 12.1 Å². The standard InChI is InChI=1S/C14H13BrFNO/c15-9-1-5-12(13(16)7-9)14-6-4-11(18-14)8-17-10-2-3-10/h1,4-7,10,17H,2-3,8H2. The van der Waals surface area contributed by atoms with Crippen LogP contribution in [0.4, 0.5) is 4.39 Å². The Morgan fingerprint density at radius 1 is 1.28 bits per heavy atom. The topological polar surface area (TPSA) is 25.2 Å². The second-order valence-corrected chi connectivity index (χ2v) is 5.46. The molecule has 1 N–H and O–H groups in total. The van der Waals surface area contributed by atoms with Gasteiger partial charge in [-0.15, -0.1) is 0 Å². The van der Waals surface area contributed by atoms with Crippen molar-refractivity contribution in [2.24, 2.45) is 0 Å². The molecule has 0 atom stereocenters. The van der Waals surface area contributed by atoms with Gasteiger partial charge in [-0.3, -0.25) is 0 Å². The molecule has 1 heterocycles. The van der Waals surface area contributed by atoms with Gasteiger partial charge in [-0.25, -0.2) is 4.39 Å². The summed E-state index contributed by atoms with van der Waals surface area (Å²) in [5.41, 5.74) is 0.496. The first kappa shape index (κ1) is 11.9. The average Bonchev–Trinajstić information content (AvgIpc) is 3.05. The fourth-order valence-corrected chi connectivity index (χ4v) is 2.17. The maximum absolute atomic E-state index is 13.8. The molecule has 0 spiro atoms. The summed E-state index contributed by atoms with van der Waals surface area (Å²) in [6, 6.07) is 9.32. The van der Waals surface area contributed by atoms with Gasteiger partial charge in [0.1, 0.15) is 17.3 Å². The van der Waals surface area contributed by atoms with Crippen LogP contribution in [0.15, 0.2) is 39.2 Å². The van der Waals surface area contributed by atoms with Gasteiger partial charge in [0.2, 0.25) is 0 Å². The van der Waals surface area contributed by atoms with Crippen LogP contribution in [-0.4, -0.2) is 6.04 Å². The number of rotatable bonds is 4. The molecule has 0 aliphatic heterocycles. The zero-order chi connectivity index (χ0) is 12.5. The van der Waals surface area contributed by atoms with E-state index in [2.05, 4.69) is 21.2 Å². The molecular formula is C14H13BrFNO. The van der Waals surface area contributed by atoms with Crippen LogP contribution >= 0.6 is 15.9 Å². The van der Waals surface area contributed by atoms with E-state index in [0.29, 0.717) is 23.9 Å². The summed E-state index contributed by atoms with van der Waals surface area (Å²) >= 11 is 3.24. The first-order chi connectivity index (χ1) is 8.72. The van der Waals surface area contributed by atoms with Crippen LogP contribution in [0, 0.1) is 5.82 Å². The summed E-state index contributed by atoms with van der Waals surface area (Å²) in [7, 11) is 0. The van der Waals surface area contributed by atoms with Gasteiger partial charge >= 0.3 is 0 Å². The van der Waals surface area contributed by atoms with Crippen molar-refractivity contribution in [3.05, 3.63) is 46.4 Å². The first-order valence-electron chi connectivity index (χ1n) is 6.00. The number of furan rings is 1. The van der Waals surface area contributed by atoms with E-state index < -0.39 is 0 Å². The Morgan fingerprint density at radius 3 is 2.83 bits per heavy atom. The minimum atomic E-state index is -0.277. The van der Waals surface area contributed by atoms with Gasteiger partial charge in [-0.05, 0) is 43.2 Å². The third-order valence-corrected chi connectivity index (χ3v) is 3.49. The SMILES string of the molecule is Fc1cc(Br)ccc1-c1ccc(CNC2CC2)o1. The van der Waals surface area contributed by atoms with Gasteiger partial charge < -0.3 is 9.73 Å². The van der Waals surface area contributed by atoms with E-state index in [1.54, 1.807) is 6.07 Å². The maximum atomic E-state index is 13.8. The van der Waals surface area contributed by atoms with Crippen molar-refractivity contribution < 1.29 is 8.81 Å². The summed E-state index contributed by atoms with van der Waals surface area (Å²) in [5.74, 6) is 1.15. The number of hydrogen-bond donors (Lipinski definition) is 1. The fraction of sp³-hybridized carbons (Fsp3) is 0.286. The van der Waals surface area contributed by atoms with E-state index in [9.17, 15) is 4.39 Å². The van der Waals surface area contributed by atoms with Gasteiger partial charge in [0.15, 0.2) is 0 Å². The van der Waals surface area contributed by atoms with E-state index in [-0.39, 0.29) is 5.82 Å². The Morgan fingerprint density at radius 2 is 2.11 bits per heavy atom. The highest BCUT2D eigenvalue weighted by molar-refractivity contribution is 9.10. The highest BCUT2D eigenvalue weighted by atomic mass is 79.9. The first-order valence-corrected chi connectivity index (χ1v) is 6.79. The Hall–Kier alpha value is -1.13. The molecule has 4 heteroatoms. The number of halogens is 2. The van der Waals surface area contributed by atoms with E-state index in [4.69, 9.17) is 4.42 Å². The predicted molar refractivity (Wildman–Crippen MR) is 71.7 cm³/mol. The van der Waals surface area contributed by atoms with Crippen molar-refractivity contribution >= 4 is 15.9 Å². The zero-order valence-corrected chi connectivity index (χ0v) is 11.3. The van der Waals surface area contributed by atoms with Crippen LogP contribution in [0.2, 0.25) is 0 Å². The number of benzene rings is 1. The molecule has 0 amide bonds. The van der Waals surface area contributed by atoms with E-state index >= 15 is 0 Å². The Kier molecular flexibility index (Phi) is 3.22. The van der Waals surface area contributed by atoms with Crippen LogP contribution in [0.5, 0.6) is 0 Å². The zero-order valence-electron chi connectivity index (χ0n) is 9.75. The molecule has 94 valence electrons. The summed E-state index contributed by atoms with van der Waals surface area (Å²) in [5, 5.41) is 3.37. The van der Waals surface area contributed by atoms with Crippen molar-refractivity contribution in [3.8, 4) is 11.3 Å². The van der Waals surface area contributed by atoms with Gasteiger partial charge in [-0.2, -0.15) is 0 Å². The third kappa shape index (κ3) is 2.65. The van der Waals surface area contributed by atoms with E-state index in [1.807, 2.05) is 18.2 Å². The van der Waals surface area contributed by atoms with Gasteiger partial charge in [0.25, 0.3) is 0 Å². The smallest absolute Gasteiger partial charge is 0.137 e. The lowest BCUT2D eigenvalue weighted by Gasteiger charge is -2.01. The molecule has 1 saturated carbocycles. The second kappa shape index (κ2) is 4.86. The lowest BCUT2D eigenvalue weighted by atomic mass is 10.1. The second-order valence-electron chi connectivity index (χ2n) is 4.55. The summed E-state index contributed by atoms with van der Waals surface area (Å²) in [6.45, 7) is 0.711. The monoisotopic (exact) mass is 309 g/mol. The lowest BCUT2D eigenvalue weighted by Crippen LogP contribution is -2.14. The quantitative estimate of drug-likeness (QED) is 0.920. The molecule has 18 heavy (non-hydrogen) atoms. The molecule has 0 bridgehead atoms. The molecule has 2 aromatic rings. The highest BCUT2D eigenvalue weighted by Gasteiger charge is 2.20. The fourth-order valence-electron chi connectivity index (χ4n) is 1.84. The minimum absolute atomic E-state index is 0.277. The van der Waals surface area contributed by atoms with Crippen molar-refractivity contribution in [2.45, 2.75) is 25.4 Å². The third-order valence-electron chi connectivity index (χ3n) is 3.00. The molecule has 2 nitrogen and oxygen atoms in total. The van der Waals surface area contributed by atoms with Crippen LogP contribution < -0.4 is 5.32 Å². The normalized spacial score (nSPS) is 15.0. The largest absolute Gasteiger partial charge is 0.460 e. The number of hydrogen-bond acceptors (Lipinski definition) is 2. The summed E-state index contributed by atoms with van der Waals surface area (Å²) < 4.78 is 20.1. The molecule has 0 radical (unpaired) electrons.